The summed E-state index contributed by atoms with van der Waals surface area (Å²) in [4.78, 5) is 12.8. The van der Waals surface area contributed by atoms with Crippen molar-refractivity contribution in [2.75, 3.05) is 6.54 Å². The van der Waals surface area contributed by atoms with Crippen molar-refractivity contribution >= 4 is 0 Å². The number of nitrogens with zero attached hydrogens (tertiary/aromatic N) is 4. The van der Waals surface area contributed by atoms with E-state index in [1.807, 2.05) is 6.92 Å². The number of rotatable bonds is 8. The first-order valence-corrected chi connectivity index (χ1v) is 7.57. The van der Waals surface area contributed by atoms with Crippen LogP contribution in [0, 0.1) is 6.92 Å². The molecule has 114 valence electrons. The Morgan fingerprint density at radius 2 is 1.90 bits per heavy atom. The van der Waals surface area contributed by atoms with Gasteiger partial charge in [0.05, 0.1) is 0 Å². The molecule has 0 radical (unpaired) electrons. The molecule has 1 atom stereocenters. The molecule has 0 aromatic carbocycles. The van der Waals surface area contributed by atoms with Gasteiger partial charge >= 0.3 is 0 Å². The van der Waals surface area contributed by atoms with Crippen molar-refractivity contribution in [3.8, 4) is 11.6 Å². The van der Waals surface area contributed by atoms with E-state index < -0.39 is 0 Å². The number of aryl methyl sites for hydroxylation is 1. The van der Waals surface area contributed by atoms with Gasteiger partial charge in [0.1, 0.15) is 0 Å². The maximum atomic E-state index is 5.32. The Morgan fingerprint density at radius 3 is 2.57 bits per heavy atom. The zero-order valence-electron chi connectivity index (χ0n) is 13.0. The van der Waals surface area contributed by atoms with E-state index in [9.17, 15) is 0 Å². The van der Waals surface area contributed by atoms with Gasteiger partial charge in [0.25, 0.3) is 0 Å². The van der Waals surface area contributed by atoms with Gasteiger partial charge in [-0.2, -0.15) is 4.98 Å². The van der Waals surface area contributed by atoms with Crippen LogP contribution in [0.25, 0.3) is 11.6 Å². The first-order chi connectivity index (χ1) is 10.2. The first kappa shape index (κ1) is 15.6. The fourth-order valence-electron chi connectivity index (χ4n) is 2.12. The maximum Gasteiger partial charge on any atom is 0.240 e. The van der Waals surface area contributed by atoms with Crippen molar-refractivity contribution in [2.24, 2.45) is 0 Å². The summed E-state index contributed by atoms with van der Waals surface area (Å²) < 4.78 is 5.32. The smallest absolute Gasteiger partial charge is 0.240 e. The van der Waals surface area contributed by atoms with Crippen LogP contribution in [0.3, 0.4) is 0 Å². The monoisotopic (exact) mass is 289 g/mol. The molecule has 6 heteroatoms. The minimum atomic E-state index is 0.377. The van der Waals surface area contributed by atoms with E-state index in [0.717, 1.165) is 37.8 Å². The average molecular weight is 289 g/mol. The summed E-state index contributed by atoms with van der Waals surface area (Å²) >= 11 is 0. The Morgan fingerprint density at radius 1 is 1.14 bits per heavy atom. The van der Waals surface area contributed by atoms with Gasteiger partial charge in [-0.1, -0.05) is 25.4 Å². The van der Waals surface area contributed by atoms with Gasteiger partial charge < -0.3 is 9.84 Å². The fourth-order valence-corrected chi connectivity index (χ4v) is 2.12. The van der Waals surface area contributed by atoms with Gasteiger partial charge in [-0.3, -0.25) is 0 Å². The third-order valence-electron chi connectivity index (χ3n) is 3.19. The molecular formula is C15H23N5O. The molecule has 2 rings (SSSR count). The lowest BCUT2D eigenvalue weighted by Crippen LogP contribution is -2.31. The van der Waals surface area contributed by atoms with Crippen LogP contribution in [0.15, 0.2) is 16.9 Å². The van der Waals surface area contributed by atoms with Crippen LogP contribution < -0.4 is 5.32 Å². The molecule has 0 saturated heterocycles. The Labute approximate surface area is 125 Å². The maximum absolute atomic E-state index is 5.32. The summed E-state index contributed by atoms with van der Waals surface area (Å²) in [6.45, 7) is 7.29. The SMILES string of the molecule is CCCNC(CCC)Cc1nc(-c2ncc(C)cn2)no1. The van der Waals surface area contributed by atoms with E-state index in [1.165, 1.54) is 0 Å². The highest BCUT2D eigenvalue weighted by Crippen LogP contribution is 2.12. The lowest BCUT2D eigenvalue weighted by Gasteiger charge is -2.15. The number of aromatic nitrogens is 4. The molecule has 0 aliphatic carbocycles. The van der Waals surface area contributed by atoms with E-state index >= 15 is 0 Å². The first-order valence-electron chi connectivity index (χ1n) is 7.57. The number of nitrogens with one attached hydrogen (secondary N) is 1. The average Bonchev–Trinajstić information content (AvgIpc) is 2.94. The molecule has 1 N–H and O–H groups in total. The summed E-state index contributed by atoms with van der Waals surface area (Å²) in [5.74, 6) is 1.59. The molecule has 0 aliphatic rings. The normalized spacial score (nSPS) is 12.5. The van der Waals surface area contributed by atoms with Crippen LogP contribution in [-0.4, -0.2) is 32.7 Å². The minimum Gasteiger partial charge on any atom is -0.339 e. The summed E-state index contributed by atoms with van der Waals surface area (Å²) in [6, 6.07) is 0.377. The van der Waals surface area contributed by atoms with Crippen molar-refractivity contribution in [1.29, 1.82) is 0 Å². The highest BCUT2D eigenvalue weighted by atomic mass is 16.5. The van der Waals surface area contributed by atoms with Crippen molar-refractivity contribution < 1.29 is 4.52 Å². The Kier molecular flexibility index (Phi) is 5.80. The van der Waals surface area contributed by atoms with Crippen molar-refractivity contribution in [1.82, 2.24) is 25.4 Å². The molecule has 0 aliphatic heterocycles. The second-order valence-corrected chi connectivity index (χ2v) is 5.24. The van der Waals surface area contributed by atoms with Gasteiger partial charge in [0, 0.05) is 24.9 Å². The van der Waals surface area contributed by atoms with Gasteiger partial charge in [0.15, 0.2) is 0 Å². The van der Waals surface area contributed by atoms with Crippen molar-refractivity contribution in [3.63, 3.8) is 0 Å². The highest BCUT2D eigenvalue weighted by molar-refractivity contribution is 5.40. The van der Waals surface area contributed by atoms with Crippen LogP contribution in [-0.2, 0) is 6.42 Å². The molecule has 0 saturated carbocycles. The summed E-state index contributed by atoms with van der Waals surface area (Å²) in [5.41, 5.74) is 1.01. The Bertz CT molecular complexity index is 537. The summed E-state index contributed by atoms with van der Waals surface area (Å²) in [6.07, 6.45) is 7.59. The van der Waals surface area contributed by atoms with Crippen molar-refractivity contribution in [2.45, 2.75) is 52.5 Å². The van der Waals surface area contributed by atoms with E-state index in [2.05, 4.69) is 39.3 Å². The van der Waals surface area contributed by atoms with Gasteiger partial charge in [0.2, 0.25) is 17.5 Å². The number of hydrogen-bond acceptors (Lipinski definition) is 6. The van der Waals surface area contributed by atoms with E-state index in [1.54, 1.807) is 12.4 Å². The topological polar surface area (TPSA) is 76.7 Å². The second-order valence-electron chi connectivity index (χ2n) is 5.24. The summed E-state index contributed by atoms with van der Waals surface area (Å²) in [7, 11) is 0. The molecule has 2 aromatic rings. The Balaban J connectivity index is 2.02. The molecule has 0 fully saturated rings. The standard InChI is InChI=1S/C15H23N5O/c1-4-6-12(16-7-5-2)8-13-19-15(20-21-13)14-17-9-11(3)10-18-14/h9-10,12,16H,4-8H2,1-3H3. The quantitative estimate of drug-likeness (QED) is 0.804. The number of hydrogen-bond donors (Lipinski definition) is 1. The largest absolute Gasteiger partial charge is 0.339 e. The Hall–Kier alpha value is -1.82. The molecule has 0 spiro atoms. The van der Waals surface area contributed by atoms with E-state index in [0.29, 0.717) is 23.6 Å². The lowest BCUT2D eigenvalue weighted by molar-refractivity contribution is 0.350. The van der Waals surface area contributed by atoms with Gasteiger partial charge in [-0.15, -0.1) is 0 Å². The molecule has 6 nitrogen and oxygen atoms in total. The van der Waals surface area contributed by atoms with Gasteiger partial charge in [-0.05, 0) is 31.9 Å². The molecular weight excluding hydrogens is 266 g/mol. The molecule has 0 bridgehead atoms. The molecule has 21 heavy (non-hydrogen) atoms. The zero-order valence-corrected chi connectivity index (χ0v) is 13.0. The van der Waals surface area contributed by atoms with Crippen LogP contribution >= 0.6 is 0 Å². The molecule has 1 unspecified atom stereocenters. The predicted octanol–water partition coefficient (Wildman–Crippen LogP) is 2.55. The van der Waals surface area contributed by atoms with Crippen molar-refractivity contribution in [3.05, 3.63) is 23.8 Å². The van der Waals surface area contributed by atoms with Crippen LogP contribution in [0.5, 0.6) is 0 Å². The molecule has 0 amide bonds. The molecule has 2 aromatic heterocycles. The lowest BCUT2D eigenvalue weighted by atomic mass is 10.1. The van der Waals surface area contributed by atoms with Gasteiger partial charge in [-0.25, -0.2) is 9.97 Å². The third-order valence-corrected chi connectivity index (χ3v) is 3.19. The highest BCUT2D eigenvalue weighted by Gasteiger charge is 2.15. The zero-order chi connectivity index (χ0) is 15.1. The summed E-state index contributed by atoms with van der Waals surface area (Å²) in [5, 5.41) is 7.49. The predicted molar refractivity (Wildman–Crippen MR) is 80.8 cm³/mol. The third kappa shape index (κ3) is 4.60. The fraction of sp³-hybridized carbons (Fsp3) is 0.600. The van der Waals surface area contributed by atoms with Crippen LogP contribution in [0.1, 0.15) is 44.6 Å². The minimum absolute atomic E-state index is 0.377. The van der Waals surface area contributed by atoms with E-state index in [4.69, 9.17) is 4.52 Å². The van der Waals surface area contributed by atoms with Crippen LogP contribution in [0.4, 0.5) is 0 Å². The van der Waals surface area contributed by atoms with Crippen LogP contribution in [0.2, 0.25) is 0 Å². The molecule has 2 heterocycles. The van der Waals surface area contributed by atoms with E-state index in [-0.39, 0.29) is 0 Å². The second kappa shape index (κ2) is 7.83.